The summed E-state index contributed by atoms with van der Waals surface area (Å²) in [4.78, 5) is 11.9. The number of carbonyl (C=O) groups excluding carboxylic acids is 1. The summed E-state index contributed by atoms with van der Waals surface area (Å²) in [5.74, 6) is 0.270. The first-order valence-electron chi connectivity index (χ1n) is 5.15. The molecule has 0 spiro atoms. The minimum Gasteiger partial charge on any atom is -0.468 e. The highest BCUT2D eigenvalue weighted by Gasteiger charge is 2.51. The van der Waals surface area contributed by atoms with Gasteiger partial charge in [-0.25, -0.2) is 0 Å². The molecule has 15 heavy (non-hydrogen) atoms. The SMILES string of the molecule is COC(=O)C12C=CC(C1)c1ccccc12. The predicted octanol–water partition coefficient (Wildman–Crippen LogP) is 2.15. The lowest BCUT2D eigenvalue weighted by atomic mass is 9.83. The van der Waals surface area contributed by atoms with E-state index < -0.39 is 5.41 Å². The van der Waals surface area contributed by atoms with E-state index >= 15 is 0 Å². The minimum absolute atomic E-state index is 0.133. The van der Waals surface area contributed by atoms with E-state index in [1.807, 2.05) is 24.3 Å². The topological polar surface area (TPSA) is 26.3 Å². The van der Waals surface area contributed by atoms with E-state index in [2.05, 4.69) is 12.1 Å². The molecule has 0 saturated heterocycles. The lowest BCUT2D eigenvalue weighted by molar-refractivity contribution is -0.145. The van der Waals surface area contributed by atoms with Crippen LogP contribution in [-0.4, -0.2) is 13.1 Å². The Labute approximate surface area is 88.6 Å². The van der Waals surface area contributed by atoms with E-state index in [4.69, 9.17) is 4.74 Å². The molecule has 3 rings (SSSR count). The molecular weight excluding hydrogens is 188 g/mol. The molecule has 76 valence electrons. The molecule has 2 atom stereocenters. The third-order valence-electron chi connectivity index (χ3n) is 3.55. The fourth-order valence-corrected chi connectivity index (χ4v) is 2.85. The lowest BCUT2D eigenvalue weighted by Gasteiger charge is -2.22. The van der Waals surface area contributed by atoms with Gasteiger partial charge in [0.25, 0.3) is 0 Å². The number of hydrogen-bond donors (Lipinski definition) is 0. The number of fused-ring (bicyclic) bond motifs is 5. The third kappa shape index (κ3) is 0.916. The molecule has 2 aliphatic rings. The number of hydrogen-bond acceptors (Lipinski definition) is 2. The zero-order valence-corrected chi connectivity index (χ0v) is 8.57. The largest absolute Gasteiger partial charge is 0.468 e. The van der Waals surface area contributed by atoms with Crippen molar-refractivity contribution in [2.75, 3.05) is 7.11 Å². The quantitative estimate of drug-likeness (QED) is 0.513. The Hall–Kier alpha value is -1.57. The molecule has 0 saturated carbocycles. The maximum atomic E-state index is 11.9. The Morgan fingerprint density at radius 2 is 2.27 bits per heavy atom. The number of ether oxygens (including phenoxy) is 1. The average molecular weight is 200 g/mol. The van der Waals surface area contributed by atoms with Crippen molar-refractivity contribution in [3.05, 3.63) is 47.5 Å². The Balaban J connectivity index is 2.20. The summed E-state index contributed by atoms with van der Waals surface area (Å²) in [5, 5.41) is 0. The maximum absolute atomic E-state index is 11.9. The molecule has 0 heterocycles. The van der Waals surface area contributed by atoms with Gasteiger partial charge in [-0.05, 0) is 17.5 Å². The van der Waals surface area contributed by atoms with Crippen molar-refractivity contribution in [1.29, 1.82) is 0 Å². The molecule has 2 nitrogen and oxygen atoms in total. The van der Waals surface area contributed by atoms with E-state index in [1.165, 1.54) is 12.7 Å². The van der Waals surface area contributed by atoms with E-state index in [1.54, 1.807) is 0 Å². The van der Waals surface area contributed by atoms with Gasteiger partial charge in [0.2, 0.25) is 0 Å². The Morgan fingerprint density at radius 3 is 3.07 bits per heavy atom. The van der Waals surface area contributed by atoms with E-state index in [9.17, 15) is 4.79 Å². The van der Waals surface area contributed by atoms with Crippen LogP contribution >= 0.6 is 0 Å². The molecule has 1 aromatic carbocycles. The Morgan fingerprint density at radius 1 is 1.47 bits per heavy atom. The minimum atomic E-state index is -0.490. The molecule has 2 heteroatoms. The standard InChI is InChI=1S/C13H12O2/c1-15-12(14)13-7-6-9(8-13)10-4-2-3-5-11(10)13/h2-7,9H,8H2,1H3. The summed E-state index contributed by atoms with van der Waals surface area (Å²) >= 11 is 0. The van der Waals surface area contributed by atoms with Crippen LogP contribution in [0, 0.1) is 0 Å². The second kappa shape index (κ2) is 2.72. The number of rotatable bonds is 1. The van der Waals surface area contributed by atoms with Gasteiger partial charge in [-0.3, -0.25) is 4.79 Å². The van der Waals surface area contributed by atoms with Crippen LogP contribution in [0.25, 0.3) is 0 Å². The fourth-order valence-electron chi connectivity index (χ4n) is 2.85. The highest BCUT2D eigenvalue weighted by molar-refractivity contribution is 5.89. The number of carbonyl (C=O) groups is 1. The Bertz CT molecular complexity index is 461. The predicted molar refractivity (Wildman–Crippen MR) is 56.6 cm³/mol. The fraction of sp³-hybridized carbons (Fsp3) is 0.308. The molecule has 0 aromatic heterocycles. The van der Waals surface area contributed by atoms with Crippen molar-refractivity contribution >= 4 is 5.97 Å². The molecule has 2 aliphatic carbocycles. The second-order valence-corrected chi connectivity index (χ2v) is 4.22. The molecule has 0 aliphatic heterocycles. The summed E-state index contributed by atoms with van der Waals surface area (Å²) in [6, 6.07) is 8.15. The van der Waals surface area contributed by atoms with Gasteiger partial charge >= 0.3 is 5.97 Å². The normalized spacial score (nSPS) is 30.3. The van der Waals surface area contributed by atoms with Crippen LogP contribution in [0.4, 0.5) is 0 Å². The van der Waals surface area contributed by atoms with Gasteiger partial charge < -0.3 is 4.74 Å². The van der Waals surface area contributed by atoms with Crippen LogP contribution in [0.15, 0.2) is 36.4 Å². The first kappa shape index (κ1) is 8.72. The van der Waals surface area contributed by atoms with Crippen LogP contribution in [0.3, 0.4) is 0 Å². The van der Waals surface area contributed by atoms with E-state index in [0.29, 0.717) is 5.92 Å². The zero-order chi connectivity index (χ0) is 10.5. The highest BCUT2D eigenvalue weighted by atomic mass is 16.5. The van der Waals surface area contributed by atoms with Gasteiger partial charge in [-0.2, -0.15) is 0 Å². The third-order valence-corrected chi connectivity index (χ3v) is 3.55. The molecule has 0 radical (unpaired) electrons. The highest BCUT2D eigenvalue weighted by Crippen LogP contribution is 2.53. The number of allylic oxidation sites excluding steroid dienone is 1. The summed E-state index contributed by atoms with van der Waals surface area (Å²) in [6.07, 6.45) is 4.98. The van der Waals surface area contributed by atoms with E-state index in [-0.39, 0.29) is 5.97 Å². The molecule has 2 unspecified atom stereocenters. The van der Waals surface area contributed by atoms with Crippen molar-refractivity contribution in [2.45, 2.75) is 17.8 Å². The van der Waals surface area contributed by atoms with Gasteiger partial charge in [-0.1, -0.05) is 36.4 Å². The lowest BCUT2D eigenvalue weighted by Crippen LogP contribution is -2.31. The average Bonchev–Trinajstić information content (AvgIpc) is 2.86. The van der Waals surface area contributed by atoms with Gasteiger partial charge in [-0.15, -0.1) is 0 Å². The van der Waals surface area contributed by atoms with Crippen LogP contribution < -0.4 is 0 Å². The van der Waals surface area contributed by atoms with E-state index in [0.717, 1.165) is 12.0 Å². The molecule has 2 bridgehead atoms. The molecule has 0 fully saturated rings. The van der Waals surface area contributed by atoms with Crippen LogP contribution in [-0.2, 0) is 14.9 Å². The van der Waals surface area contributed by atoms with Crippen LogP contribution in [0.1, 0.15) is 23.5 Å². The van der Waals surface area contributed by atoms with Crippen LogP contribution in [0.2, 0.25) is 0 Å². The smallest absolute Gasteiger partial charge is 0.320 e. The molecule has 1 aromatic rings. The van der Waals surface area contributed by atoms with Crippen molar-refractivity contribution in [3.8, 4) is 0 Å². The first-order valence-corrected chi connectivity index (χ1v) is 5.15. The van der Waals surface area contributed by atoms with Crippen molar-refractivity contribution < 1.29 is 9.53 Å². The first-order chi connectivity index (χ1) is 7.28. The maximum Gasteiger partial charge on any atom is 0.320 e. The van der Waals surface area contributed by atoms with Crippen molar-refractivity contribution in [2.24, 2.45) is 0 Å². The van der Waals surface area contributed by atoms with Gasteiger partial charge in [0.1, 0.15) is 5.41 Å². The zero-order valence-electron chi connectivity index (χ0n) is 8.57. The van der Waals surface area contributed by atoms with Gasteiger partial charge in [0.15, 0.2) is 0 Å². The van der Waals surface area contributed by atoms with Crippen LogP contribution in [0.5, 0.6) is 0 Å². The Kier molecular flexibility index (Phi) is 1.58. The monoisotopic (exact) mass is 200 g/mol. The van der Waals surface area contributed by atoms with Crippen molar-refractivity contribution in [1.82, 2.24) is 0 Å². The molecule has 0 N–H and O–H groups in total. The summed E-state index contributed by atoms with van der Waals surface area (Å²) < 4.78 is 4.92. The van der Waals surface area contributed by atoms with Crippen molar-refractivity contribution in [3.63, 3.8) is 0 Å². The summed E-state index contributed by atoms with van der Waals surface area (Å²) in [6.45, 7) is 0. The number of esters is 1. The number of benzene rings is 1. The molecule has 0 amide bonds. The molecular formula is C13H12O2. The summed E-state index contributed by atoms with van der Waals surface area (Å²) in [5.41, 5.74) is 1.92. The number of methoxy groups -OCH3 is 1. The van der Waals surface area contributed by atoms with Gasteiger partial charge in [0, 0.05) is 5.92 Å². The second-order valence-electron chi connectivity index (χ2n) is 4.22. The summed E-state index contributed by atoms with van der Waals surface area (Å²) in [7, 11) is 1.46. The van der Waals surface area contributed by atoms with Gasteiger partial charge in [0.05, 0.1) is 7.11 Å².